The molecule has 0 aliphatic heterocycles. The van der Waals surface area contributed by atoms with Crippen molar-refractivity contribution in [3.63, 3.8) is 0 Å². The second-order valence-corrected chi connectivity index (χ2v) is 9.29. The average molecular weight is 542 g/mol. The summed E-state index contributed by atoms with van der Waals surface area (Å²) in [5.74, 6) is -0.548. The maximum absolute atomic E-state index is 11.9. The molecule has 0 aromatic carbocycles. The Kier molecular flexibility index (Phi) is 22.9. The van der Waals surface area contributed by atoms with E-state index in [-0.39, 0.29) is 19.6 Å². The summed E-state index contributed by atoms with van der Waals surface area (Å²) in [6.45, 7) is 0.939. The number of allylic oxidation sites excluding steroid dienone is 10. The monoisotopic (exact) mass is 541 g/mol. The summed E-state index contributed by atoms with van der Waals surface area (Å²) < 4.78 is 25.8. The summed E-state index contributed by atoms with van der Waals surface area (Å²) in [5.41, 5.74) is 5.18. The molecule has 0 bridgehead atoms. The van der Waals surface area contributed by atoms with E-state index >= 15 is 0 Å². The van der Waals surface area contributed by atoms with E-state index in [1.165, 1.54) is 0 Å². The number of aliphatic hydroxyl groups excluding tert-OH is 2. The highest BCUT2D eigenvalue weighted by Crippen LogP contribution is 2.42. The Labute approximate surface area is 221 Å². The molecule has 0 spiro atoms. The van der Waals surface area contributed by atoms with Crippen LogP contribution in [-0.4, -0.2) is 59.6 Å². The van der Waals surface area contributed by atoms with Crippen LogP contribution in [0.3, 0.4) is 0 Å². The minimum Gasteiger partial charge on any atom is -0.457 e. The molecule has 3 atom stereocenters. The van der Waals surface area contributed by atoms with E-state index in [1.54, 1.807) is 6.08 Å². The minimum absolute atomic E-state index is 0.0499. The van der Waals surface area contributed by atoms with Crippen LogP contribution in [-0.2, 0) is 23.1 Å². The summed E-state index contributed by atoms with van der Waals surface area (Å²) in [4.78, 5) is 21.3. The summed E-state index contributed by atoms with van der Waals surface area (Å²) in [5, 5.41) is 19.0. The zero-order valence-corrected chi connectivity index (χ0v) is 22.7. The van der Waals surface area contributed by atoms with Crippen LogP contribution in [0.1, 0.15) is 51.9 Å². The first-order valence-corrected chi connectivity index (χ1v) is 14.1. The third-order valence-electron chi connectivity index (χ3n) is 4.49. The smallest absolute Gasteiger partial charge is 0.457 e. The Morgan fingerprint density at radius 1 is 0.946 bits per heavy atom. The molecular formula is C27H44NO8P. The lowest BCUT2D eigenvalue weighted by Crippen LogP contribution is -2.27. The second-order valence-electron chi connectivity index (χ2n) is 7.84. The molecule has 0 heterocycles. The molecular weight excluding hydrogens is 497 g/mol. The number of ether oxygens (including phenoxy) is 1. The molecule has 0 radical (unpaired) electrons. The molecule has 0 saturated carbocycles. The van der Waals surface area contributed by atoms with Gasteiger partial charge < -0.3 is 25.6 Å². The highest BCUT2D eigenvalue weighted by atomic mass is 31.2. The second kappa shape index (κ2) is 24.2. The lowest BCUT2D eigenvalue weighted by Gasteiger charge is -2.17. The van der Waals surface area contributed by atoms with Crippen LogP contribution in [0.2, 0.25) is 0 Å². The van der Waals surface area contributed by atoms with Crippen molar-refractivity contribution >= 4 is 13.8 Å². The fraction of sp³-hybridized carbons (Fsp3) is 0.519. The topological polar surface area (TPSA) is 149 Å². The summed E-state index contributed by atoms with van der Waals surface area (Å²) in [6, 6.07) is 0. The van der Waals surface area contributed by atoms with Gasteiger partial charge in [0.25, 0.3) is 0 Å². The first kappa shape index (κ1) is 34.9. The third-order valence-corrected chi connectivity index (χ3v) is 5.47. The highest BCUT2D eigenvalue weighted by molar-refractivity contribution is 7.47. The van der Waals surface area contributed by atoms with Gasteiger partial charge in [-0.25, -0.2) is 4.57 Å². The van der Waals surface area contributed by atoms with Crippen LogP contribution in [0, 0.1) is 0 Å². The SMILES string of the molecule is CCC=CC[C@H](O)C=CC=CCC=CCC=CCC=CCCC(=O)O[C@H](CO)COP(=O)(O)OCCN. The molecule has 0 amide bonds. The summed E-state index contributed by atoms with van der Waals surface area (Å²) >= 11 is 0. The van der Waals surface area contributed by atoms with Crippen LogP contribution in [0.25, 0.3) is 0 Å². The number of aliphatic hydroxyl groups is 2. The van der Waals surface area contributed by atoms with Crippen molar-refractivity contribution in [2.45, 2.75) is 64.1 Å². The normalized spacial score (nSPS) is 16.1. The van der Waals surface area contributed by atoms with E-state index in [4.69, 9.17) is 10.5 Å². The van der Waals surface area contributed by atoms with Crippen molar-refractivity contribution in [2.24, 2.45) is 5.73 Å². The van der Waals surface area contributed by atoms with Crippen molar-refractivity contribution < 1.29 is 38.3 Å². The number of phosphoric ester groups is 1. The number of rotatable bonds is 22. The van der Waals surface area contributed by atoms with Gasteiger partial charge in [-0.2, -0.15) is 0 Å². The average Bonchev–Trinajstić information content (AvgIpc) is 2.87. The quantitative estimate of drug-likeness (QED) is 0.0676. The van der Waals surface area contributed by atoms with Gasteiger partial charge in [0.2, 0.25) is 0 Å². The number of hydrogen-bond donors (Lipinski definition) is 4. The molecule has 10 heteroatoms. The van der Waals surface area contributed by atoms with E-state index < -0.39 is 39.2 Å². The minimum atomic E-state index is -4.30. The Bertz CT molecular complexity index is 804. The molecule has 0 saturated heterocycles. The van der Waals surface area contributed by atoms with Crippen molar-refractivity contribution in [1.29, 1.82) is 0 Å². The molecule has 9 nitrogen and oxygen atoms in total. The van der Waals surface area contributed by atoms with Crippen molar-refractivity contribution in [1.82, 2.24) is 0 Å². The number of phosphoric acid groups is 1. The van der Waals surface area contributed by atoms with E-state index in [9.17, 15) is 24.5 Å². The van der Waals surface area contributed by atoms with Crippen LogP contribution in [0.5, 0.6) is 0 Å². The fourth-order valence-corrected chi connectivity index (χ4v) is 3.38. The number of carbonyl (C=O) groups excluding carboxylic acids is 1. The number of nitrogens with two attached hydrogens (primary N) is 1. The molecule has 210 valence electrons. The van der Waals surface area contributed by atoms with E-state index in [2.05, 4.69) is 34.2 Å². The van der Waals surface area contributed by atoms with Gasteiger partial charge >= 0.3 is 13.8 Å². The Balaban J connectivity index is 3.94. The van der Waals surface area contributed by atoms with Crippen molar-refractivity contribution in [3.05, 3.63) is 72.9 Å². The zero-order valence-electron chi connectivity index (χ0n) is 21.8. The highest BCUT2D eigenvalue weighted by Gasteiger charge is 2.24. The molecule has 0 aliphatic carbocycles. The van der Waals surface area contributed by atoms with Gasteiger partial charge in [0, 0.05) is 13.0 Å². The predicted molar refractivity (Wildman–Crippen MR) is 147 cm³/mol. The fourth-order valence-electron chi connectivity index (χ4n) is 2.62. The first-order valence-electron chi connectivity index (χ1n) is 12.6. The van der Waals surface area contributed by atoms with Crippen LogP contribution >= 0.6 is 7.82 Å². The number of esters is 1. The van der Waals surface area contributed by atoms with Crippen molar-refractivity contribution in [2.75, 3.05) is 26.4 Å². The standard InChI is InChI=1S/C27H44NO8P/c1-2-3-15-18-25(30)19-16-13-11-9-7-5-4-6-8-10-12-14-17-20-27(31)36-26(23-29)24-35-37(32,33)34-22-21-28/h3,5-8,11-16,19,25-26,29-30H,2,4,9-10,17-18,20-24,28H2,1H3,(H,32,33)/t25-,26+/m0/s1. The Hall–Kier alpha value is -2.10. The number of hydrogen-bond acceptors (Lipinski definition) is 8. The number of carbonyl (C=O) groups is 1. The zero-order chi connectivity index (χ0) is 27.6. The molecule has 0 aliphatic rings. The van der Waals surface area contributed by atoms with E-state index in [0.717, 1.165) is 25.7 Å². The van der Waals surface area contributed by atoms with Gasteiger partial charge in [-0.3, -0.25) is 13.8 Å². The molecule has 0 fully saturated rings. The first-order chi connectivity index (χ1) is 17.8. The van der Waals surface area contributed by atoms with E-state index in [0.29, 0.717) is 12.8 Å². The predicted octanol–water partition coefficient (Wildman–Crippen LogP) is 4.43. The van der Waals surface area contributed by atoms with Gasteiger partial charge in [-0.05, 0) is 38.5 Å². The molecule has 0 aromatic rings. The van der Waals surface area contributed by atoms with Gasteiger partial charge in [-0.15, -0.1) is 0 Å². The molecule has 0 aromatic heterocycles. The van der Waals surface area contributed by atoms with Gasteiger partial charge in [0.15, 0.2) is 0 Å². The molecule has 37 heavy (non-hydrogen) atoms. The van der Waals surface area contributed by atoms with Gasteiger partial charge in [0.05, 0.1) is 25.9 Å². The molecule has 0 rings (SSSR count). The van der Waals surface area contributed by atoms with E-state index in [1.807, 2.05) is 48.6 Å². The van der Waals surface area contributed by atoms with Crippen LogP contribution < -0.4 is 5.73 Å². The van der Waals surface area contributed by atoms with Crippen LogP contribution in [0.4, 0.5) is 0 Å². The summed E-state index contributed by atoms with van der Waals surface area (Å²) in [6.07, 6.45) is 26.8. The third kappa shape index (κ3) is 24.0. The Morgan fingerprint density at radius 3 is 2.22 bits per heavy atom. The lowest BCUT2D eigenvalue weighted by atomic mass is 10.2. The summed E-state index contributed by atoms with van der Waals surface area (Å²) in [7, 11) is -4.30. The van der Waals surface area contributed by atoms with Crippen LogP contribution in [0.15, 0.2) is 72.9 Å². The maximum Gasteiger partial charge on any atom is 0.472 e. The van der Waals surface area contributed by atoms with Gasteiger partial charge in [0.1, 0.15) is 6.10 Å². The van der Waals surface area contributed by atoms with Gasteiger partial charge in [-0.1, -0.05) is 79.8 Å². The largest absolute Gasteiger partial charge is 0.472 e. The maximum atomic E-state index is 11.9. The molecule has 5 N–H and O–H groups in total. The molecule has 1 unspecified atom stereocenters. The van der Waals surface area contributed by atoms with Crippen molar-refractivity contribution in [3.8, 4) is 0 Å². The lowest BCUT2D eigenvalue weighted by molar-refractivity contribution is -0.153. The Morgan fingerprint density at radius 2 is 1.59 bits per heavy atom.